The van der Waals surface area contributed by atoms with Crippen LogP contribution in [0, 0.1) is 0 Å². The van der Waals surface area contributed by atoms with Gasteiger partial charge in [-0.05, 0) is 77.6 Å². The highest BCUT2D eigenvalue weighted by Crippen LogP contribution is 2.40. The van der Waals surface area contributed by atoms with Crippen LogP contribution in [-0.2, 0) is 12.8 Å². The number of hydrogen-bond donors (Lipinski definition) is 2. The monoisotopic (exact) mass is 604 g/mol. The maximum absolute atomic E-state index is 12.6. The van der Waals surface area contributed by atoms with E-state index in [1.807, 2.05) is 60.7 Å². The summed E-state index contributed by atoms with van der Waals surface area (Å²) in [5, 5.41) is 20.2. The summed E-state index contributed by atoms with van der Waals surface area (Å²) in [4.78, 5) is 35.1. The minimum atomic E-state index is -1.04. The zero-order valence-electron chi connectivity index (χ0n) is 25.4. The summed E-state index contributed by atoms with van der Waals surface area (Å²) >= 11 is 0. The lowest BCUT2D eigenvalue weighted by Crippen LogP contribution is -2.14. The van der Waals surface area contributed by atoms with E-state index in [2.05, 4.69) is 13.8 Å². The molecular weight excluding hydrogens is 568 g/mol. The summed E-state index contributed by atoms with van der Waals surface area (Å²) < 4.78 is 10.9. The molecule has 0 atom stereocenters. The topological polar surface area (TPSA) is 110 Å². The lowest BCUT2D eigenvalue weighted by Gasteiger charge is -2.16. The third-order valence-corrected chi connectivity index (χ3v) is 7.17. The molecule has 0 aliphatic heterocycles. The van der Waals surface area contributed by atoms with Crippen LogP contribution < -0.4 is 9.47 Å². The van der Waals surface area contributed by atoms with Crippen LogP contribution >= 0.6 is 0 Å². The molecule has 230 valence electrons. The summed E-state index contributed by atoms with van der Waals surface area (Å²) in [5.74, 6) is -1.31. The smallest absolute Gasteiger partial charge is 0.478 e. The molecule has 0 aromatic heterocycles. The fourth-order valence-electron chi connectivity index (χ4n) is 4.93. The van der Waals surface area contributed by atoms with E-state index in [1.54, 1.807) is 48.5 Å². The van der Waals surface area contributed by atoms with Crippen LogP contribution in [-0.4, -0.2) is 28.3 Å². The minimum Gasteiger partial charge on any atom is -0.478 e. The molecule has 0 aliphatic rings. The van der Waals surface area contributed by atoms with Gasteiger partial charge in [-0.25, -0.2) is 14.4 Å². The van der Waals surface area contributed by atoms with Gasteiger partial charge in [0.1, 0.15) is 11.5 Å². The molecule has 0 spiro atoms. The Morgan fingerprint density at radius 2 is 1.33 bits per heavy atom. The lowest BCUT2D eigenvalue weighted by atomic mass is 9.91. The minimum absolute atomic E-state index is 0.146. The Bertz CT molecular complexity index is 1760. The molecule has 7 nitrogen and oxygen atoms in total. The van der Waals surface area contributed by atoms with Crippen LogP contribution in [0.3, 0.4) is 0 Å². The molecule has 0 bridgehead atoms. The molecule has 0 saturated heterocycles. The molecule has 7 heteroatoms. The second-order valence-electron chi connectivity index (χ2n) is 10.5. The number of rotatable bonds is 10. The summed E-state index contributed by atoms with van der Waals surface area (Å²) in [6, 6.07) is 32.1. The fraction of sp³-hybridized carbons (Fsp3) is 0.184. The van der Waals surface area contributed by atoms with Gasteiger partial charge in [0, 0.05) is 11.1 Å². The molecule has 0 saturated carbocycles. The SMILES string of the molecule is CCCCc1ccc(C(=O)O)c(-c2c(OC(=O)Oc3ccccc3)ccc3ccccc23)c1.CCCc1ccc(C(=O)O)cc1. The molecule has 5 aromatic carbocycles. The molecule has 0 radical (unpaired) electrons. The molecular formula is C38H36O7. The number of aromatic carboxylic acids is 2. The average molecular weight is 605 g/mol. The van der Waals surface area contributed by atoms with Crippen LogP contribution in [0.2, 0.25) is 0 Å². The van der Waals surface area contributed by atoms with Crippen molar-refractivity contribution in [3.8, 4) is 22.6 Å². The maximum atomic E-state index is 12.6. The number of carbonyl (C=O) groups is 3. The van der Waals surface area contributed by atoms with Crippen LogP contribution in [0.15, 0.2) is 109 Å². The Hall–Kier alpha value is -5.43. The zero-order valence-corrected chi connectivity index (χ0v) is 25.4. The number of fused-ring (bicyclic) bond motifs is 1. The van der Waals surface area contributed by atoms with Crippen LogP contribution in [0.4, 0.5) is 4.79 Å². The summed E-state index contributed by atoms with van der Waals surface area (Å²) in [6.07, 6.45) is 4.07. The van der Waals surface area contributed by atoms with Gasteiger partial charge in [0.05, 0.1) is 11.1 Å². The van der Waals surface area contributed by atoms with Crippen molar-refractivity contribution in [2.24, 2.45) is 0 Å². The average Bonchev–Trinajstić information content (AvgIpc) is 3.04. The Balaban J connectivity index is 0.000000323. The van der Waals surface area contributed by atoms with Crippen molar-refractivity contribution < 1.29 is 34.1 Å². The van der Waals surface area contributed by atoms with Crippen molar-refractivity contribution >= 4 is 28.9 Å². The number of para-hydroxylation sites is 1. The normalized spacial score (nSPS) is 10.4. The third-order valence-electron chi connectivity index (χ3n) is 7.17. The fourth-order valence-corrected chi connectivity index (χ4v) is 4.93. The standard InChI is InChI=1S/C28H24O5.C10H12O2/c1-2-3-9-19-14-16-23(27(29)30)24(18-19)26-22-13-8-7-10-20(22)15-17-25(26)33-28(31)32-21-11-5-4-6-12-21;1-2-3-8-4-6-9(7-5-8)10(11)12/h4-8,10-18H,2-3,9H2,1H3,(H,29,30);4-7H,2-3H2,1H3,(H,11,12). The van der Waals surface area contributed by atoms with Crippen molar-refractivity contribution in [3.63, 3.8) is 0 Å². The molecule has 2 N–H and O–H groups in total. The van der Waals surface area contributed by atoms with Gasteiger partial charge in [-0.15, -0.1) is 0 Å². The van der Waals surface area contributed by atoms with Crippen molar-refractivity contribution in [3.05, 3.63) is 131 Å². The first kappa shape index (κ1) is 32.5. The highest BCUT2D eigenvalue weighted by atomic mass is 16.7. The van der Waals surface area contributed by atoms with E-state index in [4.69, 9.17) is 14.6 Å². The van der Waals surface area contributed by atoms with Crippen molar-refractivity contribution in [2.45, 2.75) is 46.0 Å². The van der Waals surface area contributed by atoms with Gasteiger partial charge in [-0.3, -0.25) is 0 Å². The van der Waals surface area contributed by atoms with E-state index in [0.29, 0.717) is 22.4 Å². The van der Waals surface area contributed by atoms with Crippen LogP contribution in [0.25, 0.3) is 21.9 Å². The number of aryl methyl sites for hydroxylation is 2. The Morgan fingerprint density at radius 3 is 2.00 bits per heavy atom. The number of carbonyl (C=O) groups excluding carboxylic acids is 1. The summed E-state index contributed by atoms with van der Waals surface area (Å²) in [7, 11) is 0. The first-order valence-corrected chi connectivity index (χ1v) is 15.0. The Kier molecular flexibility index (Phi) is 11.5. The second kappa shape index (κ2) is 15.9. The number of carboxylic acids is 2. The number of ether oxygens (including phenoxy) is 2. The Morgan fingerprint density at radius 1 is 0.644 bits per heavy atom. The van der Waals surface area contributed by atoms with Gasteiger partial charge in [0.25, 0.3) is 0 Å². The quantitative estimate of drug-likeness (QED) is 0.121. The molecule has 5 rings (SSSR count). The number of carboxylic acid groups (broad SMARTS) is 2. The van der Waals surface area contributed by atoms with E-state index in [9.17, 15) is 19.5 Å². The van der Waals surface area contributed by atoms with Crippen LogP contribution in [0.5, 0.6) is 11.5 Å². The molecule has 5 aromatic rings. The number of benzene rings is 5. The van der Waals surface area contributed by atoms with E-state index in [0.717, 1.165) is 48.4 Å². The molecule has 0 aliphatic carbocycles. The largest absolute Gasteiger partial charge is 0.519 e. The van der Waals surface area contributed by atoms with Gasteiger partial charge in [-0.1, -0.05) is 99.5 Å². The summed E-state index contributed by atoms with van der Waals surface area (Å²) in [6.45, 7) is 4.21. The number of hydrogen-bond acceptors (Lipinski definition) is 5. The van der Waals surface area contributed by atoms with Crippen molar-refractivity contribution in [1.82, 2.24) is 0 Å². The van der Waals surface area contributed by atoms with E-state index in [1.165, 1.54) is 5.56 Å². The van der Waals surface area contributed by atoms with Gasteiger partial charge in [0.15, 0.2) is 0 Å². The predicted molar refractivity (Wildman–Crippen MR) is 175 cm³/mol. The predicted octanol–water partition coefficient (Wildman–Crippen LogP) is 9.46. The van der Waals surface area contributed by atoms with Gasteiger partial charge in [0.2, 0.25) is 0 Å². The second-order valence-corrected chi connectivity index (χ2v) is 10.5. The number of unbranched alkanes of at least 4 members (excludes halogenated alkanes) is 1. The van der Waals surface area contributed by atoms with Gasteiger partial charge >= 0.3 is 18.1 Å². The maximum Gasteiger partial charge on any atom is 0.519 e. The van der Waals surface area contributed by atoms with E-state index >= 15 is 0 Å². The van der Waals surface area contributed by atoms with Gasteiger partial charge < -0.3 is 19.7 Å². The Labute approximate surface area is 262 Å². The molecule has 45 heavy (non-hydrogen) atoms. The van der Waals surface area contributed by atoms with E-state index < -0.39 is 18.1 Å². The van der Waals surface area contributed by atoms with Gasteiger partial charge in [-0.2, -0.15) is 0 Å². The molecule has 0 unspecified atom stereocenters. The zero-order chi connectivity index (χ0) is 32.2. The summed E-state index contributed by atoms with van der Waals surface area (Å²) in [5.41, 5.74) is 3.79. The highest BCUT2D eigenvalue weighted by Gasteiger charge is 2.21. The van der Waals surface area contributed by atoms with E-state index in [-0.39, 0.29) is 11.3 Å². The lowest BCUT2D eigenvalue weighted by molar-refractivity contribution is 0.0686. The molecule has 0 amide bonds. The highest BCUT2D eigenvalue weighted by molar-refractivity contribution is 6.06. The third kappa shape index (κ3) is 8.80. The van der Waals surface area contributed by atoms with Crippen LogP contribution in [0.1, 0.15) is 65.0 Å². The molecule has 0 heterocycles. The van der Waals surface area contributed by atoms with Crippen molar-refractivity contribution in [2.75, 3.05) is 0 Å². The first-order valence-electron chi connectivity index (χ1n) is 15.0. The first-order chi connectivity index (χ1) is 21.8. The molecule has 0 fully saturated rings. The van der Waals surface area contributed by atoms with Crippen molar-refractivity contribution in [1.29, 1.82) is 0 Å².